The highest BCUT2D eigenvalue weighted by Gasteiger charge is 2.42. The van der Waals surface area contributed by atoms with E-state index in [1.165, 1.54) is 28.7 Å². The van der Waals surface area contributed by atoms with Crippen molar-refractivity contribution in [1.82, 2.24) is 62.0 Å². The number of amides is 3. The molecule has 0 spiro atoms. The van der Waals surface area contributed by atoms with Crippen LogP contribution in [0.15, 0.2) is 123 Å². The van der Waals surface area contributed by atoms with Gasteiger partial charge in [-0.2, -0.15) is 13.2 Å². The highest BCUT2D eigenvalue weighted by Crippen LogP contribution is 2.34. The third-order valence-corrected chi connectivity index (χ3v) is 12.4. The number of aldehydes is 1. The summed E-state index contributed by atoms with van der Waals surface area (Å²) in [7, 11) is -0.611. The summed E-state index contributed by atoms with van der Waals surface area (Å²) in [6.45, 7) is 10.1. The molecule has 3 aromatic carbocycles. The van der Waals surface area contributed by atoms with Crippen molar-refractivity contribution in [2.75, 3.05) is 19.6 Å². The number of aliphatic hydroxyl groups is 2. The van der Waals surface area contributed by atoms with E-state index in [1.807, 2.05) is 91.0 Å². The minimum atomic E-state index is -4.80. The van der Waals surface area contributed by atoms with Crippen LogP contribution in [-0.2, 0) is 25.9 Å². The number of halogens is 3. The summed E-state index contributed by atoms with van der Waals surface area (Å²) >= 11 is 3.17. The van der Waals surface area contributed by atoms with Crippen LogP contribution in [0.3, 0.4) is 0 Å². The van der Waals surface area contributed by atoms with E-state index in [9.17, 15) is 32.3 Å². The van der Waals surface area contributed by atoms with Crippen molar-refractivity contribution in [3.05, 3.63) is 156 Å². The largest absolute Gasteiger partial charge is 0.421 e. The topological polar surface area (TPSA) is 300 Å². The number of carbonyl (C=O) groups excluding carboxylic acids is 4. The van der Waals surface area contributed by atoms with E-state index >= 15 is 0 Å². The van der Waals surface area contributed by atoms with E-state index in [1.54, 1.807) is 12.1 Å². The smallest absolute Gasteiger partial charge is 0.389 e. The quantitative estimate of drug-likeness (QED) is 0.0398. The summed E-state index contributed by atoms with van der Waals surface area (Å²) in [6, 6.07) is 32.7. The number of carbonyl (C=O) groups is 4. The second-order valence-corrected chi connectivity index (χ2v) is 27.1. The molecule has 0 aliphatic carbocycles. The van der Waals surface area contributed by atoms with E-state index in [0.717, 1.165) is 21.7 Å². The molecule has 0 radical (unpaired) electrons. The molecule has 78 heavy (non-hydrogen) atoms. The van der Waals surface area contributed by atoms with E-state index in [4.69, 9.17) is 23.8 Å². The first kappa shape index (κ1) is 59.2. The average Bonchev–Trinajstić information content (AvgIpc) is 4.32. The molecule has 3 amide bonds. The maximum absolute atomic E-state index is 12.4. The third kappa shape index (κ3) is 19.2. The minimum Gasteiger partial charge on any atom is -0.389 e. The molecule has 0 fully saturated rings. The summed E-state index contributed by atoms with van der Waals surface area (Å²) in [6.07, 6.45) is -5.59. The molecule has 0 bridgehead atoms. The second kappa shape index (κ2) is 28.9. The minimum absolute atomic E-state index is 0.0827. The zero-order valence-electron chi connectivity index (χ0n) is 42.1. The van der Waals surface area contributed by atoms with Crippen molar-refractivity contribution in [1.29, 1.82) is 0 Å². The Bertz CT molecular complexity index is 3290. The van der Waals surface area contributed by atoms with Gasteiger partial charge in [0.05, 0.1) is 6.61 Å². The monoisotopic (exact) mass is 1140 g/mol. The van der Waals surface area contributed by atoms with Crippen molar-refractivity contribution >= 4 is 66.1 Å². The molecule has 6 heterocycles. The lowest BCUT2D eigenvalue weighted by Gasteiger charge is -2.10. The van der Waals surface area contributed by atoms with E-state index < -0.39 is 31.3 Å². The molecule has 0 saturated heterocycles. The fraction of sp³-hybridized carbons (Fsp3) is 0.260. The zero-order chi connectivity index (χ0) is 56.1. The average molecular weight is 1150 g/mol. The molecular formula is C50H51F3N12O9S3Si. The normalized spacial score (nSPS) is 11.4. The molecule has 1 atom stereocenters. The number of aromatic nitrogens is 9. The molecule has 21 nitrogen and oxygen atoms in total. The molecule has 28 heteroatoms. The Kier molecular flexibility index (Phi) is 22.0. The van der Waals surface area contributed by atoms with Gasteiger partial charge in [0.1, 0.15) is 20.0 Å². The van der Waals surface area contributed by atoms with Crippen LogP contribution in [0.1, 0.15) is 72.4 Å². The first-order valence-corrected chi connectivity index (χ1v) is 30.0. The van der Waals surface area contributed by atoms with Gasteiger partial charge in [0.25, 0.3) is 17.7 Å². The molecule has 9 aromatic rings. The summed E-state index contributed by atoms with van der Waals surface area (Å²) in [5, 5.41) is 61.6. The number of nitrogens with zero attached hydrogens (tertiary/aromatic N) is 9. The Labute approximate surface area is 456 Å². The van der Waals surface area contributed by atoms with Gasteiger partial charge in [0.2, 0.25) is 6.10 Å². The number of rotatable bonds is 18. The molecular weight excluding hydrogens is 1090 g/mol. The van der Waals surface area contributed by atoms with Crippen LogP contribution < -0.4 is 16.0 Å². The molecule has 1 unspecified atom stereocenters. The number of nitrogens with one attached hydrogen (secondary N) is 3. The van der Waals surface area contributed by atoms with Gasteiger partial charge in [0.15, 0.2) is 50.7 Å². The Hall–Kier alpha value is -8.02. The molecule has 6 aromatic heterocycles. The van der Waals surface area contributed by atoms with Gasteiger partial charge in [-0.15, -0.1) is 30.6 Å². The van der Waals surface area contributed by atoms with Crippen LogP contribution in [0.4, 0.5) is 13.2 Å². The van der Waals surface area contributed by atoms with Crippen LogP contribution in [-0.4, -0.2) is 114 Å². The lowest BCUT2D eigenvalue weighted by molar-refractivity contribution is -0.206. The van der Waals surface area contributed by atoms with Crippen LogP contribution >= 0.6 is 34.0 Å². The highest BCUT2D eigenvalue weighted by molar-refractivity contribution is 7.13. The van der Waals surface area contributed by atoms with Gasteiger partial charge in [-0.1, -0.05) is 167 Å². The van der Waals surface area contributed by atoms with Gasteiger partial charge >= 0.3 is 6.18 Å². The lowest BCUT2D eigenvalue weighted by atomic mass is 10.1. The Morgan fingerprint density at radius 1 is 0.564 bits per heavy atom. The maximum Gasteiger partial charge on any atom is 0.421 e. The van der Waals surface area contributed by atoms with Gasteiger partial charge in [0, 0.05) is 81.9 Å². The van der Waals surface area contributed by atoms with Crippen LogP contribution in [0.2, 0.25) is 26.2 Å². The number of hydrogen-bond acceptors (Lipinski definition) is 21. The van der Waals surface area contributed by atoms with Crippen LogP contribution in [0.25, 0.3) is 34.0 Å². The van der Waals surface area contributed by atoms with Crippen molar-refractivity contribution < 1.29 is 56.1 Å². The Morgan fingerprint density at radius 2 is 0.910 bits per heavy atom. The van der Waals surface area contributed by atoms with Crippen molar-refractivity contribution in [2.45, 2.75) is 64.3 Å². The van der Waals surface area contributed by atoms with Crippen molar-refractivity contribution in [3.63, 3.8) is 0 Å². The summed E-state index contributed by atoms with van der Waals surface area (Å²) in [4.78, 5) is 46.6. The predicted octanol–water partition coefficient (Wildman–Crippen LogP) is 8.35. The Morgan fingerprint density at radius 3 is 1.26 bits per heavy atom. The molecule has 0 aliphatic heterocycles. The number of aliphatic hydroxyl groups excluding tert-OH is 2. The van der Waals surface area contributed by atoms with Crippen molar-refractivity contribution in [3.8, 4) is 34.0 Å². The van der Waals surface area contributed by atoms with Gasteiger partial charge in [-0.25, -0.2) is 0 Å². The van der Waals surface area contributed by atoms with Crippen LogP contribution in [0.5, 0.6) is 0 Å². The SMILES string of the molecule is C[Si](C)(C)C.O=C(NCCc1nnc(C(O)C(F)(F)F)s1)c1cc(-c2ccccc2)on1.O=C(NCCc1nnc(CO)s1)c1cc(-c2ccccc2)on1.O=Cc1nnc(CCNC(=O)c2cc(-c3ccccc3)on2)s1. The molecule has 5 N–H and O–H groups in total. The second-order valence-electron chi connectivity index (χ2n) is 17.7. The summed E-state index contributed by atoms with van der Waals surface area (Å²) < 4.78 is 52.8. The highest BCUT2D eigenvalue weighted by atomic mass is 32.1. The van der Waals surface area contributed by atoms with Gasteiger partial charge in [-0.05, 0) is 0 Å². The van der Waals surface area contributed by atoms with Crippen molar-refractivity contribution in [2.24, 2.45) is 0 Å². The predicted molar refractivity (Wildman–Crippen MR) is 285 cm³/mol. The van der Waals surface area contributed by atoms with Crippen LogP contribution in [0, 0.1) is 0 Å². The molecule has 9 rings (SSSR count). The molecule has 0 aliphatic rings. The maximum atomic E-state index is 12.4. The standard InChI is InChI=1S/C16H13F3N4O3S.C15H14N4O3S.C15H12N4O3S.C4H12Si/c17-16(18,19)13(24)15-22-21-12(27-15)6-7-20-14(25)10-8-11(26-23-10)9-4-2-1-3-5-9;2*20-9-14-18-17-13(23-14)6-7-16-15(21)11-8-12(22-19-11)10-4-2-1-3-5-10;1-5(2,3)4/h1-5,8,13,24H,6-7H2,(H,20,25);1-5,8,20H,6-7,9H2,(H,16,21);1-5,8-9H,6-7H2,(H,16,21);1-4H3. The fourth-order valence-electron chi connectivity index (χ4n) is 5.97. The van der Waals surface area contributed by atoms with E-state index in [0.29, 0.717) is 75.9 Å². The van der Waals surface area contributed by atoms with Gasteiger partial charge < -0.3 is 39.7 Å². The van der Waals surface area contributed by atoms with Gasteiger partial charge in [-0.3, -0.25) is 19.2 Å². The zero-order valence-corrected chi connectivity index (χ0v) is 45.6. The fourth-order valence-corrected chi connectivity index (χ4v) is 8.18. The van der Waals surface area contributed by atoms with E-state index in [-0.39, 0.29) is 53.5 Å². The number of benzene rings is 3. The van der Waals surface area contributed by atoms with E-state index in [2.05, 4.69) is 88.2 Å². The third-order valence-electron chi connectivity index (χ3n) is 9.53. The first-order chi connectivity index (χ1) is 37.4. The lowest BCUT2D eigenvalue weighted by Crippen LogP contribution is -2.25. The first-order valence-electron chi connectivity index (χ1n) is 23.5. The number of alkyl halides is 3. The molecule has 0 saturated carbocycles. The summed E-state index contributed by atoms with van der Waals surface area (Å²) in [5.41, 5.74) is 3.03. The number of hydrogen-bond donors (Lipinski definition) is 5. The Balaban J connectivity index is 0.000000182. The summed E-state index contributed by atoms with van der Waals surface area (Å²) in [5.74, 6) is 0.415. The molecule has 408 valence electrons.